The normalized spacial score (nSPS) is 20.0. The van der Waals surface area contributed by atoms with Gasteiger partial charge in [-0.05, 0) is 17.7 Å². The molecule has 5 heteroatoms. The number of carbonyl (C=O) groups is 1. The number of urea groups is 1. The van der Waals surface area contributed by atoms with Crippen LogP contribution in [-0.4, -0.2) is 29.8 Å². The predicted octanol–water partition coefficient (Wildman–Crippen LogP) is 1.82. The van der Waals surface area contributed by atoms with E-state index in [-0.39, 0.29) is 17.9 Å². The molecule has 0 aliphatic carbocycles. The predicted molar refractivity (Wildman–Crippen MR) is 63.1 cm³/mol. The summed E-state index contributed by atoms with van der Waals surface area (Å²) < 4.78 is 12.7. The lowest BCUT2D eigenvalue weighted by Crippen LogP contribution is -2.29. The number of carbonyl (C=O) groups excluding carboxylic acids is 1. The van der Waals surface area contributed by atoms with Crippen LogP contribution in [0.5, 0.6) is 0 Å². The van der Waals surface area contributed by atoms with Crippen molar-refractivity contribution in [3.8, 4) is 0 Å². The second-order valence-corrected chi connectivity index (χ2v) is 4.17. The maximum atomic E-state index is 12.7. The molecule has 0 spiro atoms. The number of amides is 2. The van der Waals surface area contributed by atoms with Gasteiger partial charge in [-0.25, -0.2) is 9.18 Å². The number of benzene rings is 1. The van der Waals surface area contributed by atoms with Gasteiger partial charge in [0.25, 0.3) is 0 Å². The minimum Gasteiger partial charge on any atom is -0.329 e. The van der Waals surface area contributed by atoms with Crippen molar-refractivity contribution in [1.29, 1.82) is 0 Å². The third-order valence-electron chi connectivity index (χ3n) is 2.63. The molecule has 2 amide bonds. The first-order chi connectivity index (χ1) is 7.70. The first-order valence-corrected chi connectivity index (χ1v) is 5.75. The molecule has 0 saturated carbocycles. The van der Waals surface area contributed by atoms with Gasteiger partial charge in [0.15, 0.2) is 0 Å². The minimum absolute atomic E-state index is 0.0482. The fourth-order valence-corrected chi connectivity index (χ4v) is 2.03. The Morgan fingerprint density at radius 1 is 1.44 bits per heavy atom. The van der Waals surface area contributed by atoms with Crippen molar-refractivity contribution in [2.75, 3.05) is 18.8 Å². The van der Waals surface area contributed by atoms with Crippen LogP contribution < -0.4 is 5.32 Å². The van der Waals surface area contributed by atoms with Crippen LogP contribution in [0.2, 0.25) is 0 Å². The first kappa shape index (κ1) is 11.3. The van der Waals surface area contributed by atoms with E-state index in [0.717, 1.165) is 5.56 Å². The molecular formula is C11H13FN2OS. The Labute approximate surface area is 99.0 Å². The molecule has 1 fully saturated rings. The zero-order valence-electron chi connectivity index (χ0n) is 8.69. The molecule has 3 nitrogen and oxygen atoms in total. The summed E-state index contributed by atoms with van der Waals surface area (Å²) in [5, 5.41) is 2.86. The smallest absolute Gasteiger partial charge is 0.318 e. The van der Waals surface area contributed by atoms with Gasteiger partial charge in [0.05, 0.1) is 6.04 Å². The molecule has 1 atom stereocenters. The molecule has 1 saturated heterocycles. The number of halogens is 1. The van der Waals surface area contributed by atoms with Crippen LogP contribution in [0.3, 0.4) is 0 Å². The van der Waals surface area contributed by atoms with Gasteiger partial charge in [0.1, 0.15) is 5.82 Å². The lowest BCUT2D eigenvalue weighted by Gasteiger charge is -2.12. The highest BCUT2D eigenvalue weighted by molar-refractivity contribution is 7.80. The van der Waals surface area contributed by atoms with Crippen molar-refractivity contribution in [3.05, 3.63) is 35.6 Å². The summed E-state index contributed by atoms with van der Waals surface area (Å²) in [5.74, 6) is 0.379. The van der Waals surface area contributed by atoms with E-state index < -0.39 is 0 Å². The molecule has 0 radical (unpaired) electrons. The lowest BCUT2D eigenvalue weighted by atomic mass is 10.1. The van der Waals surface area contributed by atoms with E-state index >= 15 is 0 Å². The Morgan fingerprint density at radius 3 is 2.75 bits per heavy atom. The molecule has 1 heterocycles. The average molecular weight is 240 g/mol. The summed E-state index contributed by atoms with van der Waals surface area (Å²) >= 11 is 4.10. The van der Waals surface area contributed by atoms with Crippen molar-refractivity contribution in [3.63, 3.8) is 0 Å². The van der Waals surface area contributed by atoms with Crippen LogP contribution in [0.25, 0.3) is 0 Å². The van der Waals surface area contributed by atoms with Crippen molar-refractivity contribution < 1.29 is 9.18 Å². The zero-order valence-corrected chi connectivity index (χ0v) is 9.58. The number of hydrogen-bond acceptors (Lipinski definition) is 2. The molecule has 86 valence electrons. The second kappa shape index (κ2) is 4.74. The number of nitrogens with zero attached hydrogens (tertiary/aromatic N) is 1. The average Bonchev–Trinajstić information content (AvgIpc) is 2.62. The zero-order chi connectivity index (χ0) is 11.5. The molecule has 0 aromatic heterocycles. The number of thiol groups is 1. The Hall–Kier alpha value is -1.23. The van der Waals surface area contributed by atoms with E-state index in [2.05, 4.69) is 17.9 Å². The van der Waals surface area contributed by atoms with E-state index in [9.17, 15) is 9.18 Å². The van der Waals surface area contributed by atoms with Crippen LogP contribution >= 0.6 is 12.6 Å². The van der Waals surface area contributed by atoms with Gasteiger partial charge in [-0.3, -0.25) is 0 Å². The third kappa shape index (κ3) is 2.29. The van der Waals surface area contributed by atoms with Crippen LogP contribution in [0.15, 0.2) is 24.3 Å². The topological polar surface area (TPSA) is 32.3 Å². The minimum atomic E-state index is -0.264. The van der Waals surface area contributed by atoms with E-state index in [1.54, 1.807) is 17.0 Å². The number of hydrogen-bond donors (Lipinski definition) is 2. The Morgan fingerprint density at radius 2 is 2.12 bits per heavy atom. The van der Waals surface area contributed by atoms with Gasteiger partial charge >= 0.3 is 6.03 Å². The van der Waals surface area contributed by atoms with E-state index in [1.165, 1.54) is 12.1 Å². The quantitative estimate of drug-likeness (QED) is 0.776. The van der Waals surface area contributed by atoms with Crippen molar-refractivity contribution in [1.82, 2.24) is 10.2 Å². The molecule has 1 unspecified atom stereocenters. The van der Waals surface area contributed by atoms with Crippen LogP contribution in [-0.2, 0) is 0 Å². The molecule has 1 aliphatic heterocycles. The molecular weight excluding hydrogens is 227 g/mol. The summed E-state index contributed by atoms with van der Waals surface area (Å²) in [6.45, 7) is 1.25. The van der Waals surface area contributed by atoms with Gasteiger partial charge in [-0.15, -0.1) is 0 Å². The fraction of sp³-hybridized carbons (Fsp3) is 0.364. The highest BCUT2D eigenvalue weighted by atomic mass is 32.1. The van der Waals surface area contributed by atoms with Gasteiger partial charge in [0.2, 0.25) is 0 Å². The third-order valence-corrected chi connectivity index (χ3v) is 2.83. The fourth-order valence-electron chi connectivity index (χ4n) is 1.79. The number of nitrogens with one attached hydrogen (secondary N) is 1. The summed E-state index contributed by atoms with van der Waals surface area (Å²) in [7, 11) is 0. The highest BCUT2D eigenvalue weighted by Gasteiger charge is 2.28. The molecule has 1 aliphatic rings. The monoisotopic (exact) mass is 240 g/mol. The van der Waals surface area contributed by atoms with Crippen LogP contribution in [0.1, 0.15) is 11.6 Å². The van der Waals surface area contributed by atoms with Crippen molar-refractivity contribution >= 4 is 18.7 Å². The van der Waals surface area contributed by atoms with Gasteiger partial charge < -0.3 is 10.2 Å². The maximum absolute atomic E-state index is 12.7. The van der Waals surface area contributed by atoms with E-state index in [4.69, 9.17) is 0 Å². The van der Waals surface area contributed by atoms with Crippen molar-refractivity contribution in [2.24, 2.45) is 0 Å². The van der Waals surface area contributed by atoms with E-state index in [0.29, 0.717) is 18.8 Å². The SMILES string of the molecule is O=C1NC(c2ccc(F)cc2)CN1CCS. The van der Waals surface area contributed by atoms with Crippen molar-refractivity contribution in [2.45, 2.75) is 6.04 Å². The van der Waals surface area contributed by atoms with Gasteiger partial charge in [-0.1, -0.05) is 12.1 Å². The molecule has 16 heavy (non-hydrogen) atoms. The molecule has 1 aromatic rings. The molecule has 1 aromatic carbocycles. The van der Waals surface area contributed by atoms with Gasteiger partial charge in [-0.2, -0.15) is 12.6 Å². The van der Waals surface area contributed by atoms with Crippen LogP contribution in [0.4, 0.5) is 9.18 Å². The summed E-state index contributed by atoms with van der Waals surface area (Å²) in [6, 6.07) is 6.08. The number of rotatable bonds is 3. The molecule has 1 N–H and O–H groups in total. The maximum Gasteiger partial charge on any atom is 0.318 e. The van der Waals surface area contributed by atoms with E-state index in [1.807, 2.05) is 0 Å². The Kier molecular flexibility index (Phi) is 3.33. The second-order valence-electron chi connectivity index (χ2n) is 3.72. The summed E-state index contributed by atoms with van der Waals surface area (Å²) in [4.78, 5) is 13.2. The highest BCUT2D eigenvalue weighted by Crippen LogP contribution is 2.20. The Balaban J connectivity index is 2.07. The first-order valence-electron chi connectivity index (χ1n) is 5.12. The molecule has 2 rings (SSSR count). The largest absolute Gasteiger partial charge is 0.329 e. The lowest BCUT2D eigenvalue weighted by molar-refractivity contribution is 0.220. The summed E-state index contributed by atoms with van der Waals surface area (Å²) in [6.07, 6.45) is 0. The summed E-state index contributed by atoms with van der Waals surface area (Å²) in [5.41, 5.74) is 0.927. The standard InChI is InChI=1S/C11H13FN2OS/c12-9-3-1-8(2-4-9)10-7-14(5-6-16)11(15)13-10/h1-4,10,16H,5-7H2,(H,13,15). The Bertz CT molecular complexity index is 382. The van der Waals surface area contributed by atoms with Gasteiger partial charge in [0, 0.05) is 18.8 Å². The van der Waals surface area contributed by atoms with Crippen LogP contribution in [0, 0.1) is 5.82 Å². The molecule has 0 bridgehead atoms.